The van der Waals surface area contributed by atoms with Crippen LogP contribution in [0, 0.1) is 0 Å². The van der Waals surface area contributed by atoms with Gasteiger partial charge in [0.15, 0.2) is 0 Å². The van der Waals surface area contributed by atoms with Crippen LogP contribution < -0.4 is 0 Å². The molecular formula is C15H24ClN. The number of halogens is 1. The van der Waals surface area contributed by atoms with Crippen LogP contribution >= 0.6 is 11.6 Å². The Morgan fingerprint density at radius 1 is 1.12 bits per heavy atom. The molecule has 0 fully saturated rings. The van der Waals surface area contributed by atoms with Crippen molar-refractivity contribution >= 4 is 11.6 Å². The summed E-state index contributed by atoms with van der Waals surface area (Å²) >= 11 is 6.20. The Morgan fingerprint density at radius 2 is 1.71 bits per heavy atom. The van der Waals surface area contributed by atoms with E-state index in [1.54, 1.807) is 0 Å². The summed E-state index contributed by atoms with van der Waals surface area (Å²) in [7, 11) is 2.21. The van der Waals surface area contributed by atoms with Crippen molar-refractivity contribution in [2.24, 2.45) is 0 Å². The van der Waals surface area contributed by atoms with Crippen molar-refractivity contribution in [1.29, 1.82) is 0 Å². The molecule has 1 aromatic rings. The van der Waals surface area contributed by atoms with Crippen molar-refractivity contribution in [2.75, 3.05) is 7.05 Å². The summed E-state index contributed by atoms with van der Waals surface area (Å²) in [6, 6.07) is 8.82. The van der Waals surface area contributed by atoms with Crippen molar-refractivity contribution in [3.63, 3.8) is 0 Å². The number of benzene rings is 1. The SMILES string of the molecule is CCCC(CCC)N(C)Cc1ccccc1Cl. The zero-order valence-corrected chi connectivity index (χ0v) is 12.0. The van der Waals surface area contributed by atoms with Crippen molar-refractivity contribution < 1.29 is 0 Å². The molecule has 0 aromatic heterocycles. The molecule has 1 aromatic carbocycles. The molecule has 0 saturated carbocycles. The average Bonchev–Trinajstić information content (AvgIpc) is 2.32. The topological polar surface area (TPSA) is 3.24 Å². The first-order valence-electron chi connectivity index (χ1n) is 6.62. The fourth-order valence-electron chi connectivity index (χ4n) is 2.28. The zero-order valence-electron chi connectivity index (χ0n) is 11.2. The molecule has 0 amide bonds. The van der Waals surface area contributed by atoms with E-state index in [1.165, 1.54) is 31.2 Å². The highest BCUT2D eigenvalue weighted by molar-refractivity contribution is 6.31. The van der Waals surface area contributed by atoms with Crippen LogP contribution in [0.5, 0.6) is 0 Å². The van der Waals surface area contributed by atoms with Gasteiger partial charge in [0.1, 0.15) is 0 Å². The molecule has 0 heterocycles. The molecule has 0 aliphatic rings. The normalized spacial score (nSPS) is 11.4. The fraction of sp³-hybridized carbons (Fsp3) is 0.600. The van der Waals surface area contributed by atoms with Gasteiger partial charge in [0.2, 0.25) is 0 Å². The van der Waals surface area contributed by atoms with Gasteiger partial charge in [-0.1, -0.05) is 56.5 Å². The summed E-state index contributed by atoms with van der Waals surface area (Å²) in [6.45, 7) is 5.46. The van der Waals surface area contributed by atoms with Crippen LogP contribution in [-0.2, 0) is 6.54 Å². The second-order valence-corrected chi connectivity index (χ2v) is 5.14. The molecule has 0 saturated heterocycles. The van der Waals surface area contributed by atoms with Gasteiger partial charge in [0.05, 0.1) is 0 Å². The average molecular weight is 254 g/mol. The Labute approximate surface area is 111 Å². The highest BCUT2D eigenvalue weighted by Crippen LogP contribution is 2.20. The lowest BCUT2D eigenvalue weighted by molar-refractivity contribution is 0.208. The molecule has 1 rings (SSSR count). The van der Waals surface area contributed by atoms with Gasteiger partial charge in [-0.2, -0.15) is 0 Å². The standard InChI is InChI=1S/C15H24ClN/c1-4-8-14(9-5-2)17(3)12-13-10-6-7-11-15(13)16/h6-7,10-11,14H,4-5,8-9,12H2,1-3H3. The van der Waals surface area contributed by atoms with E-state index in [0.29, 0.717) is 6.04 Å². The number of rotatable bonds is 7. The van der Waals surface area contributed by atoms with Crippen LogP contribution in [0.3, 0.4) is 0 Å². The summed E-state index contributed by atoms with van der Waals surface area (Å²) in [5, 5.41) is 0.881. The largest absolute Gasteiger partial charge is 0.299 e. The van der Waals surface area contributed by atoms with Crippen molar-refractivity contribution in [3.05, 3.63) is 34.9 Å². The van der Waals surface area contributed by atoms with Gasteiger partial charge < -0.3 is 0 Å². The number of hydrogen-bond donors (Lipinski definition) is 0. The van der Waals surface area contributed by atoms with E-state index in [1.807, 2.05) is 12.1 Å². The molecule has 0 bridgehead atoms. The van der Waals surface area contributed by atoms with Crippen LogP contribution in [0.1, 0.15) is 45.1 Å². The van der Waals surface area contributed by atoms with Crippen LogP contribution in [0.2, 0.25) is 5.02 Å². The Balaban J connectivity index is 2.62. The van der Waals surface area contributed by atoms with Crippen molar-refractivity contribution in [2.45, 2.75) is 52.1 Å². The predicted octanol–water partition coefficient (Wildman–Crippen LogP) is 4.74. The van der Waals surface area contributed by atoms with E-state index in [2.05, 4.69) is 37.9 Å². The van der Waals surface area contributed by atoms with Crippen LogP contribution in [-0.4, -0.2) is 18.0 Å². The predicted molar refractivity (Wildman–Crippen MR) is 76.5 cm³/mol. The first kappa shape index (κ1) is 14.5. The van der Waals surface area contributed by atoms with Crippen LogP contribution in [0.15, 0.2) is 24.3 Å². The maximum atomic E-state index is 6.20. The number of hydrogen-bond acceptors (Lipinski definition) is 1. The third kappa shape index (κ3) is 4.69. The molecule has 0 N–H and O–H groups in total. The Bertz CT molecular complexity index is 318. The summed E-state index contributed by atoms with van der Waals surface area (Å²) in [5.74, 6) is 0. The molecule has 1 nitrogen and oxygen atoms in total. The third-order valence-corrected chi connectivity index (χ3v) is 3.61. The first-order chi connectivity index (χ1) is 8.19. The lowest BCUT2D eigenvalue weighted by Crippen LogP contribution is -2.31. The number of nitrogens with zero attached hydrogens (tertiary/aromatic N) is 1. The van der Waals surface area contributed by atoms with Crippen LogP contribution in [0.4, 0.5) is 0 Å². The first-order valence-corrected chi connectivity index (χ1v) is 7.00. The fourth-order valence-corrected chi connectivity index (χ4v) is 2.47. The molecule has 0 aliphatic carbocycles. The minimum absolute atomic E-state index is 0.682. The highest BCUT2D eigenvalue weighted by Gasteiger charge is 2.13. The molecule has 0 radical (unpaired) electrons. The molecule has 17 heavy (non-hydrogen) atoms. The molecule has 0 atom stereocenters. The van der Waals surface area contributed by atoms with Gasteiger partial charge >= 0.3 is 0 Å². The van der Waals surface area contributed by atoms with E-state index in [4.69, 9.17) is 11.6 Å². The zero-order chi connectivity index (χ0) is 12.7. The molecule has 0 spiro atoms. The third-order valence-electron chi connectivity index (χ3n) is 3.24. The van der Waals surface area contributed by atoms with Crippen molar-refractivity contribution in [3.8, 4) is 0 Å². The lowest BCUT2D eigenvalue weighted by atomic mass is 10.0. The van der Waals surface area contributed by atoms with Gasteiger partial charge in [-0.05, 0) is 31.5 Å². The summed E-state index contributed by atoms with van der Waals surface area (Å²) in [5.41, 5.74) is 1.23. The molecular weight excluding hydrogens is 230 g/mol. The molecule has 0 unspecified atom stereocenters. The molecule has 2 heteroatoms. The second kappa shape index (κ2) is 7.73. The maximum absolute atomic E-state index is 6.20. The lowest BCUT2D eigenvalue weighted by Gasteiger charge is -2.28. The quantitative estimate of drug-likeness (QED) is 0.678. The van der Waals surface area contributed by atoms with E-state index >= 15 is 0 Å². The summed E-state index contributed by atoms with van der Waals surface area (Å²) in [4.78, 5) is 2.44. The van der Waals surface area contributed by atoms with Crippen molar-refractivity contribution in [1.82, 2.24) is 4.90 Å². The monoisotopic (exact) mass is 253 g/mol. The Kier molecular flexibility index (Phi) is 6.61. The second-order valence-electron chi connectivity index (χ2n) is 4.74. The van der Waals surface area contributed by atoms with E-state index < -0.39 is 0 Å². The minimum atomic E-state index is 0.682. The smallest absolute Gasteiger partial charge is 0.0451 e. The van der Waals surface area contributed by atoms with E-state index in [9.17, 15) is 0 Å². The van der Waals surface area contributed by atoms with Crippen LogP contribution in [0.25, 0.3) is 0 Å². The summed E-state index contributed by atoms with van der Waals surface area (Å²) < 4.78 is 0. The van der Waals surface area contributed by atoms with Gasteiger partial charge in [0.25, 0.3) is 0 Å². The van der Waals surface area contributed by atoms with Gasteiger partial charge in [-0.25, -0.2) is 0 Å². The minimum Gasteiger partial charge on any atom is -0.299 e. The van der Waals surface area contributed by atoms with E-state index in [0.717, 1.165) is 11.6 Å². The highest BCUT2D eigenvalue weighted by atomic mass is 35.5. The van der Waals surface area contributed by atoms with Gasteiger partial charge in [-0.3, -0.25) is 4.90 Å². The maximum Gasteiger partial charge on any atom is 0.0451 e. The summed E-state index contributed by atoms with van der Waals surface area (Å²) in [6.07, 6.45) is 5.04. The Hall–Kier alpha value is -0.530. The van der Waals surface area contributed by atoms with Gasteiger partial charge in [-0.15, -0.1) is 0 Å². The molecule has 0 aliphatic heterocycles. The Morgan fingerprint density at radius 3 is 2.24 bits per heavy atom. The van der Waals surface area contributed by atoms with Gasteiger partial charge in [0, 0.05) is 17.6 Å². The molecule has 96 valence electrons. The van der Waals surface area contributed by atoms with E-state index in [-0.39, 0.29) is 0 Å².